The topological polar surface area (TPSA) is 191 Å². The molecular formula is C49H65N9O8. The Hall–Kier alpha value is -6.52. The van der Waals surface area contributed by atoms with E-state index in [1.165, 1.54) is 0 Å². The molecule has 17 heteroatoms. The number of carbonyl (C=O) groups is 4. The second-order valence-corrected chi connectivity index (χ2v) is 20.5. The lowest BCUT2D eigenvalue weighted by Crippen LogP contribution is -2.48. The first kappa shape index (κ1) is 48.9. The molecule has 0 atom stereocenters. The number of aliphatic imine (C=N–C) groups is 2. The van der Waals surface area contributed by atoms with Crippen molar-refractivity contribution in [3.05, 3.63) is 71.8 Å². The normalized spacial score (nSPS) is 16.5. The number of hydrogen-bond donors (Lipinski definition) is 2. The van der Waals surface area contributed by atoms with E-state index in [0.29, 0.717) is 45.1 Å². The standard InChI is InChI=1S/C49H65N9O8/c1-46(2,3)63-42(59)50-40(51-43(60)64-47(4,5)6)56-27-23-33(24-28-56)31-13-17-35(18-14-31)38-54-55-39(58(38)37-21-22-37)36-19-15-32(16-20-36)34-25-29-57(30-26-34)41(52-44(61)65-48(7,8)9)53-45(62)66-49(10,11)12/h13-20,23,25,37H,21-22,24,26-30H2,1-12H3,(H,50,51,59,60)(H,52,53,61,62). The van der Waals surface area contributed by atoms with Gasteiger partial charge in [0.2, 0.25) is 11.9 Å². The minimum Gasteiger partial charge on any atom is -0.444 e. The number of aromatic nitrogens is 3. The molecule has 17 nitrogen and oxygen atoms in total. The van der Waals surface area contributed by atoms with Gasteiger partial charge >= 0.3 is 24.4 Å². The molecule has 6 rings (SSSR count). The highest BCUT2D eigenvalue weighted by Gasteiger charge is 2.31. The summed E-state index contributed by atoms with van der Waals surface area (Å²) in [6.45, 7) is 22.9. The van der Waals surface area contributed by atoms with Gasteiger partial charge in [-0.3, -0.25) is 10.6 Å². The number of carbonyl (C=O) groups excluding carboxylic acids is 4. The Morgan fingerprint density at radius 2 is 0.864 bits per heavy atom. The Labute approximate surface area is 387 Å². The smallest absolute Gasteiger partial charge is 0.437 e. The highest BCUT2D eigenvalue weighted by atomic mass is 16.6. The molecule has 3 aromatic rings. The van der Waals surface area contributed by atoms with Crippen molar-refractivity contribution in [2.24, 2.45) is 9.98 Å². The number of hydrogen-bond acceptors (Lipinski definition) is 10. The van der Waals surface area contributed by atoms with Gasteiger partial charge in [0.05, 0.1) is 0 Å². The van der Waals surface area contributed by atoms with Crippen molar-refractivity contribution in [2.75, 3.05) is 26.2 Å². The fourth-order valence-electron chi connectivity index (χ4n) is 7.17. The lowest BCUT2D eigenvalue weighted by molar-refractivity contribution is 0.0536. The van der Waals surface area contributed by atoms with Crippen LogP contribution < -0.4 is 10.6 Å². The van der Waals surface area contributed by atoms with Crippen LogP contribution in [0.2, 0.25) is 0 Å². The summed E-state index contributed by atoms with van der Waals surface area (Å²) in [6.07, 6.45) is 4.48. The van der Waals surface area contributed by atoms with E-state index in [4.69, 9.17) is 29.1 Å². The molecule has 66 heavy (non-hydrogen) atoms. The predicted molar refractivity (Wildman–Crippen MR) is 254 cm³/mol. The maximum Gasteiger partial charge on any atom is 0.437 e. The van der Waals surface area contributed by atoms with Gasteiger partial charge in [-0.1, -0.05) is 60.7 Å². The van der Waals surface area contributed by atoms with Gasteiger partial charge < -0.3 is 33.3 Å². The number of alkyl carbamates (subject to hydrolysis) is 2. The van der Waals surface area contributed by atoms with Crippen molar-refractivity contribution in [1.29, 1.82) is 0 Å². The van der Waals surface area contributed by atoms with Gasteiger partial charge in [-0.2, -0.15) is 0 Å². The van der Waals surface area contributed by atoms with Crippen LogP contribution in [-0.4, -0.2) is 109 Å². The molecule has 2 aromatic carbocycles. The molecule has 1 fully saturated rings. The third-order valence-electron chi connectivity index (χ3n) is 10.1. The van der Waals surface area contributed by atoms with Crippen LogP contribution in [-0.2, 0) is 18.9 Å². The summed E-state index contributed by atoms with van der Waals surface area (Å²) < 4.78 is 23.9. The predicted octanol–water partition coefficient (Wildman–Crippen LogP) is 9.76. The SMILES string of the molecule is CC(C)(C)OC(=O)N=C(NC(=O)OC(C)(C)C)N1CC=C(c2ccc(-c3nnc(-c4ccc(C5=CCN(C(=NC(=O)OC(C)(C)C)NC(=O)OC(C)(C)C)CC5)cc4)n3C3CC3)cc2)CC1. The second kappa shape index (κ2) is 19.5. The summed E-state index contributed by atoms with van der Waals surface area (Å²) in [5.74, 6) is 1.75. The zero-order chi connectivity index (χ0) is 48.2. The molecule has 0 spiro atoms. The highest BCUT2D eigenvalue weighted by molar-refractivity contribution is 6.00. The lowest BCUT2D eigenvalue weighted by atomic mass is 9.98. The average molecular weight is 908 g/mol. The largest absolute Gasteiger partial charge is 0.444 e. The first-order valence-electron chi connectivity index (χ1n) is 22.5. The Kier molecular flexibility index (Phi) is 14.5. The molecule has 354 valence electrons. The van der Waals surface area contributed by atoms with Crippen LogP contribution in [0.25, 0.3) is 33.9 Å². The number of nitrogens with zero attached hydrogens (tertiary/aromatic N) is 7. The first-order chi connectivity index (χ1) is 30.8. The van der Waals surface area contributed by atoms with E-state index in [2.05, 4.69) is 85.9 Å². The fraction of sp³-hybridized carbons (Fsp3) is 0.510. The minimum atomic E-state index is -0.805. The van der Waals surface area contributed by atoms with Crippen LogP contribution in [0.4, 0.5) is 19.2 Å². The van der Waals surface area contributed by atoms with E-state index in [1.807, 2.05) is 9.80 Å². The number of amides is 4. The molecule has 2 aliphatic heterocycles. The van der Waals surface area contributed by atoms with E-state index in [1.54, 1.807) is 83.1 Å². The molecule has 1 aliphatic carbocycles. The van der Waals surface area contributed by atoms with E-state index < -0.39 is 46.8 Å². The minimum absolute atomic E-state index is 0.0697. The third-order valence-corrected chi connectivity index (χ3v) is 10.1. The van der Waals surface area contributed by atoms with Gasteiger partial charge in [0.15, 0.2) is 11.6 Å². The number of nitrogens with one attached hydrogen (secondary N) is 2. The van der Waals surface area contributed by atoms with Gasteiger partial charge in [0.1, 0.15) is 22.4 Å². The zero-order valence-electron chi connectivity index (χ0n) is 40.4. The molecule has 1 saturated carbocycles. The molecule has 1 aromatic heterocycles. The second-order valence-electron chi connectivity index (χ2n) is 20.5. The molecule has 2 N–H and O–H groups in total. The monoisotopic (exact) mass is 907 g/mol. The molecular weight excluding hydrogens is 843 g/mol. The van der Waals surface area contributed by atoms with Gasteiger partial charge in [-0.05, 0) is 131 Å². The van der Waals surface area contributed by atoms with Gasteiger partial charge in [-0.25, -0.2) is 19.2 Å². The molecule has 3 aliphatic rings. The van der Waals surface area contributed by atoms with Crippen LogP contribution in [0.15, 0.2) is 70.7 Å². The lowest BCUT2D eigenvalue weighted by Gasteiger charge is -2.30. The van der Waals surface area contributed by atoms with E-state index >= 15 is 0 Å². The summed E-state index contributed by atoms with van der Waals surface area (Å²) in [5, 5.41) is 14.7. The Balaban J connectivity index is 1.14. The summed E-state index contributed by atoms with van der Waals surface area (Å²) >= 11 is 0. The van der Waals surface area contributed by atoms with Gasteiger partial charge in [0.25, 0.3) is 0 Å². The van der Waals surface area contributed by atoms with Crippen molar-refractivity contribution in [3.8, 4) is 22.8 Å². The Morgan fingerprint density at radius 3 is 1.15 bits per heavy atom. The van der Waals surface area contributed by atoms with Crippen molar-refractivity contribution in [3.63, 3.8) is 0 Å². The fourth-order valence-corrected chi connectivity index (χ4v) is 7.17. The van der Waals surface area contributed by atoms with Crippen molar-refractivity contribution in [2.45, 2.75) is 137 Å². The molecule has 0 radical (unpaired) electrons. The maximum absolute atomic E-state index is 12.7. The molecule has 0 saturated heterocycles. The Morgan fingerprint density at radius 1 is 0.530 bits per heavy atom. The average Bonchev–Trinajstić information content (AvgIpc) is 3.95. The van der Waals surface area contributed by atoms with Crippen LogP contribution >= 0.6 is 0 Å². The summed E-state index contributed by atoms with van der Waals surface area (Å²) in [7, 11) is 0. The van der Waals surface area contributed by atoms with Crippen LogP contribution in [0, 0.1) is 0 Å². The number of guanidine groups is 2. The molecule has 3 heterocycles. The highest BCUT2D eigenvalue weighted by Crippen LogP contribution is 2.42. The number of benzene rings is 2. The first-order valence-corrected chi connectivity index (χ1v) is 22.5. The van der Waals surface area contributed by atoms with Crippen LogP contribution in [0.1, 0.15) is 126 Å². The van der Waals surface area contributed by atoms with E-state index in [0.717, 1.165) is 57.9 Å². The summed E-state index contributed by atoms with van der Waals surface area (Å²) in [6, 6.07) is 16.9. The van der Waals surface area contributed by atoms with E-state index in [-0.39, 0.29) is 11.9 Å². The van der Waals surface area contributed by atoms with Gasteiger partial charge in [-0.15, -0.1) is 20.2 Å². The number of rotatable bonds is 5. The molecule has 4 amide bonds. The van der Waals surface area contributed by atoms with Crippen LogP contribution in [0.3, 0.4) is 0 Å². The quantitative estimate of drug-likeness (QED) is 0.140. The zero-order valence-corrected chi connectivity index (χ0v) is 40.4. The number of ether oxygens (including phenoxy) is 4. The van der Waals surface area contributed by atoms with E-state index in [9.17, 15) is 19.2 Å². The summed E-state index contributed by atoms with van der Waals surface area (Å²) in [5.41, 5.74) is 3.32. The summed E-state index contributed by atoms with van der Waals surface area (Å²) in [4.78, 5) is 62.6. The molecule has 0 bridgehead atoms. The van der Waals surface area contributed by atoms with Crippen molar-refractivity contribution < 1.29 is 38.1 Å². The molecule has 0 unspecified atom stereocenters. The van der Waals surface area contributed by atoms with Crippen molar-refractivity contribution >= 4 is 47.4 Å². The Bertz CT molecular complexity index is 2240. The maximum atomic E-state index is 12.7. The van der Waals surface area contributed by atoms with Crippen molar-refractivity contribution in [1.82, 2.24) is 35.2 Å². The third kappa shape index (κ3) is 14.2. The van der Waals surface area contributed by atoms with Gasteiger partial charge in [0, 0.05) is 43.3 Å². The van der Waals surface area contributed by atoms with Crippen LogP contribution in [0.5, 0.6) is 0 Å².